The summed E-state index contributed by atoms with van der Waals surface area (Å²) in [6.45, 7) is 5.17. The Labute approximate surface area is 91.2 Å². The predicted octanol–water partition coefficient (Wildman–Crippen LogP) is 2.89. The van der Waals surface area contributed by atoms with Gasteiger partial charge < -0.3 is 9.47 Å². The molecule has 0 N–H and O–H groups in total. The van der Waals surface area contributed by atoms with Crippen LogP contribution in [-0.4, -0.2) is 13.7 Å². The fraction of sp³-hybridized carbons (Fsp3) is 0.538. The molecule has 1 heterocycles. The zero-order valence-electron chi connectivity index (χ0n) is 9.67. The van der Waals surface area contributed by atoms with E-state index in [1.54, 1.807) is 7.11 Å². The lowest BCUT2D eigenvalue weighted by Gasteiger charge is -2.39. The van der Waals surface area contributed by atoms with Crippen LogP contribution in [-0.2, 0) is 16.8 Å². The van der Waals surface area contributed by atoms with Crippen molar-refractivity contribution in [3.63, 3.8) is 0 Å². The maximum absolute atomic E-state index is 5.64. The minimum atomic E-state index is -0.0593. The summed E-state index contributed by atoms with van der Waals surface area (Å²) in [6, 6.07) is 6.36. The maximum Gasteiger partial charge on any atom is 0.122 e. The van der Waals surface area contributed by atoms with Crippen LogP contribution in [0.15, 0.2) is 18.2 Å². The highest BCUT2D eigenvalue weighted by Gasteiger charge is 2.35. The van der Waals surface area contributed by atoms with E-state index in [0.29, 0.717) is 0 Å². The molecule has 0 amide bonds. The predicted molar refractivity (Wildman–Crippen MR) is 60.3 cm³/mol. The molecule has 0 aliphatic carbocycles. The van der Waals surface area contributed by atoms with Crippen molar-refractivity contribution in [3.05, 3.63) is 29.3 Å². The highest BCUT2D eigenvalue weighted by atomic mass is 16.5. The highest BCUT2D eigenvalue weighted by Crippen LogP contribution is 2.38. The van der Waals surface area contributed by atoms with Crippen LogP contribution in [0, 0.1) is 0 Å². The first-order valence-electron chi connectivity index (χ1n) is 5.51. The van der Waals surface area contributed by atoms with E-state index in [-0.39, 0.29) is 5.60 Å². The molecular weight excluding hydrogens is 188 g/mol. The number of methoxy groups -OCH3 is 1. The van der Waals surface area contributed by atoms with Crippen molar-refractivity contribution >= 4 is 0 Å². The number of benzene rings is 1. The monoisotopic (exact) mass is 206 g/mol. The summed E-state index contributed by atoms with van der Waals surface area (Å²) in [7, 11) is 1.72. The van der Waals surface area contributed by atoms with E-state index < -0.39 is 0 Å². The first-order chi connectivity index (χ1) is 7.19. The fourth-order valence-corrected chi connectivity index (χ4v) is 2.02. The number of aryl methyl sites for hydroxylation is 1. The third kappa shape index (κ3) is 1.74. The lowest BCUT2D eigenvalue weighted by atomic mass is 9.87. The first-order valence-corrected chi connectivity index (χ1v) is 5.51. The Kier molecular flexibility index (Phi) is 2.70. The molecule has 1 aliphatic rings. The van der Waals surface area contributed by atoms with E-state index in [9.17, 15) is 0 Å². The molecule has 2 nitrogen and oxygen atoms in total. The Bertz CT molecular complexity index is 354. The van der Waals surface area contributed by atoms with E-state index in [4.69, 9.17) is 9.47 Å². The Hall–Kier alpha value is -1.02. The van der Waals surface area contributed by atoms with Crippen molar-refractivity contribution in [1.29, 1.82) is 0 Å². The lowest BCUT2D eigenvalue weighted by molar-refractivity contribution is -0.140. The molecule has 2 rings (SSSR count). The topological polar surface area (TPSA) is 18.5 Å². The van der Waals surface area contributed by atoms with Gasteiger partial charge in [0, 0.05) is 6.42 Å². The molecule has 0 aromatic heterocycles. The molecule has 1 atom stereocenters. The van der Waals surface area contributed by atoms with Crippen molar-refractivity contribution < 1.29 is 9.47 Å². The van der Waals surface area contributed by atoms with Crippen molar-refractivity contribution in [2.75, 3.05) is 13.7 Å². The van der Waals surface area contributed by atoms with Gasteiger partial charge in [0.1, 0.15) is 5.75 Å². The smallest absolute Gasteiger partial charge is 0.122 e. The van der Waals surface area contributed by atoms with Gasteiger partial charge in [0.15, 0.2) is 0 Å². The summed E-state index contributed by atoms with van der Waals surface area (Å²) < 4.78 is 11.0. The van der Waals surface area contributed by atoms with Crippen molar-refractivity contribution in [2.45, 2.75) is 32.3 Å². The minimum Gasteiger partial charge on any atom is -0.496 e. The molecule has 1 aromatic carbocycles. The maximum atomic E-state index is 5.64. The number of rotatable bonds is 3. The van der Waals surface area contributed by atoms with Crippen molar-refractivity contribution in [1.82, 2.24) is 0 Å². The highest BCUT2D eigenvalue weighted by molar-refractivity contribution is 5.39. The van der Waals surface area contributed by atoms with Gasteiger partial charge in [0.05, 0.1) is 19.3 Å². The largest absolute Gasteiger partial charge is 0.496 e. The quantitative estimate of drug-likeness (QED) is 0.757. The second-order valence-electron chi connectivity index (χ2n) is 4.21. The van der Waals surface area contributed by atoms with Crippen LogP contribution >= 0.6 is 0 Å². The summed E-state index contributed by atoms with van der Waals surface area (Å²) in [6.07, 6.45) is 2.11. The minimum absolute atomic E-state index is 0.0593. The van der Waals surface area contributed by atoms with E-state index in [2.05, 4.69) is 26.0 Å². The van der Waals surface area contributed by atoms with Gasteiger partial charge in [-0.25, -0.2) is 0 Å². The van der Waals surface area contributed by atoms with E-state index in [1.807, 2.05) is 6.07 Å². The fourth-order valence-electron chi connectivity index (χ4n) is 2.02. The van der Waals surface area contributed by atoms with Crippen LogP contribution in [0.3, 0.4) is 0 Å². The van der Waals surface area contributed by atoms with E-state index in [1.165, 1.54) is 11.1 Å². The summed E-state index contributed by atoms with van der Waals surface area (Å²) >= 11 is 0. The second kappa shape index (κ2) is 3.86. The Morgan fingerprint density at radius 3 is 2.67 bits per heavy atom. The van der Waals surface area contributed by atoms with Crippen molar-refractivity contribution in [3.8, 4) is 5.75 Å². The molecular formula is C13H18O2. The normalized spacial score (nSPS) is 24.7. The van der Waals surface area contributed by atoms with Crippen molar-refractivity contribution in [2.24, 2.45) is 0 Å². The Balaban J connectivity index is 2.34. The standard InChI is InChI=1S/C13H18O2/c1-4-10-9-11(5-6-12(10)14-3)13(2)7-8-15-13/h5-6,9H,4,7-8H2,1-3H3. The van der Waals surface area contributed by atoms with Gasteiger partial charge in [-0.15, -0.1) is 0 Å². The van der Waals surface area contributed by atoms with Gasteiger partial charge in [-0.1, -0.05) is 13.0 Å². The molecule has 1 saturated heterocycles. The Morgan fingerprint density at radius 2 is 2.20 bits per heavy atom. The molecule has 1 aliphatic heterocycles. The van der Waals surface area contributed by atoms with Crippen LogP contribution in [0.4, 0.5) is 0 Å². The zero-order chi connectivity index (χ0) is 10.9. The third-order valence-electron chi connectivity index (χ3n) is 3.27. The molecule has 0 spiro atoms. The second-order valence-corrected chi connectivity index (χ2v) is 4.21. The summed E-state index contributed by atoms with van der Waals surface area (Å²) in [5.41, 5.74) is 2.47. The number of hydrogen-bond acceptors (Lipinski definition) is 2. The molecule has 0 bridgehead atoms. The average Bonchev–Trinajstić information content (AvgIpc) is 2.25. The zero-order valence-corrected chi connectivity index (χ0v) is 9.67. The van der Waals surface area contributed by atoms with Gasteiger partial charge in [-0.3, -0.25) is 0 Å². The number of hydrogen-bond donors (Lipinski definition) is 0. The molecule has 1 aromatic rings. The van der Waals surface area contributed by atoms with Gasteiger partial charge in [-0.05, 0) is 36.6 Å². The van der Waals surface area contributed by atoms with Crippen LogP contribution in [0.2, 0.25) is 0 Å². The van der Waals surface area contributed by atoms with E-state index >= 15 is 0 Å². The van der Waals surface area contributed by atoms with E-state index in [0.717, 1.165) is 25.2 Å². The molecule has 1 unspecified atom stereocenters. The summed E-state index contributed by atoms with van der Waals surface area (Å²) in [4.78, 5) is 0. The first kappa shape index (κ1) is 10.5. The Morgan fingerprint density at radius 1 is 1.47 bits per heavy atom. The summed E-state index contributed by atoms with van der Waals surface area (Å²) in [5.74, 6) is 0.976. The number of ether oxygens (including phenoxy) is 2. The van der Waals surface area contributed by atoms with Crippen LogP contribution in [0.25, 0.3) is 0 Å². The molecule has 2 heteroatoms. The third-order valence-corrected chi connectivity index (χ3v) is 3.27. The molecule has 1 fully saturated rings. The SMILES string of the molecule is CCc1cc(C2(C)CCO2)ccc1OC. The summed E-state index contributed by atoms with van der Waals surface area (Å²) in [5, 5.41) is 0. The van der Waals surface area contributed by atoms with Gasteiger partial charge in [0.25, 0.3) is 0 Å². The molecule has 0 saturated carbocycles. The molecule has 82 valence electrons. The average molecular weight is 206 g/mol. The van der Waals surface area contributed by atoms with Gasteiger partial charge in [-0.2, -0.15) is 0 Å². The van der Waals surface area contributed by atoms with Crippen LogP contribution in [0.1, 0.15) is 31.4 Å². The van der Waals surface area contributed by atoms with Crippen LogP contribution < -0.4 is 4.74 Å². The molecule has 15 heavy (non-hydrogen) atoms. The molecule has 0 radical (unpaired) electrons. The van der Waals surface area contributed by atoms with Gasteiger partial charge >= 0.3 is 0 Å². The lowest BCUT2D eigenvalue weighted by Crippen LogP contribution is -2.37. The van der Waals surface area contributed by atoms with Crippen LogP contribution in [0.5, 0.6) is 5.75 Å². The van der Waals surface area contributed by atoms with Gasteiger partial charge in [0.2, 0.25) is 0 Å².